The highest BCUT2D eigenvalue weighted by molar-refractivity contribution is 5.75. The maximum Gasteiger partial charge on any atom is 0.112 e. The molecule has 2 N–H and O–H groups in total. The van der Waals surface area contributed by atoms with Gasteiger partial charge >= 0.3 is 0 Å². The molecule has 4 nitrogen and oxygen atoms in total. The van der Waals surface area contributed by atoms with Gasteiger partial charge in [-0.1, -0.05) is 26.0 Å². The van der Waals surface area contributed by atoms with Crippen LogP contribution in [0.4, 0.5) is 0 Å². The topological polar surface area (TPSA) is 50.1 Å². The van der Waals surface area contributed by atoms with Crippen molar-refractivity contribution in [2.24, 2.45) is 0 Å². The molecule has 0 saturated carbocycles. The van der Waals surface area contributed by atoms with Gasteiger partial charge in [0.15, 0.2) is 0 Å². The van der Waals surface area contributed by atoms with Gasteiger partial charge in [0.25, 0.3) is 0 Å². The second-order valence-electron chi connectivity index (χ2n) is 5.23. The number of aryl methyl sites for hydroxylation is 1. The summed E-state index contributed by atoms with van der Waals surface area (Å²) in [6.45, 7) is 6.81. The number of imidazole rings is 1. The fraction of sp³-hybridized carbons (Fsp3) is 0.562. The highest BCUT2D eigenvalue weighted by Gasteiger charge is 2.13. The third-order valence-corrected chi connectivity index (χ3v) is 3.41. The Labute approximate surface area is 120 Å². The number of para-hydroxylation sites is 2. The zero-order valence-electron chi connectivity index (χ0n) is 12.5. The lowest BCUT2D eigenvalue weighted by Crippen LogP contribution is -2.29. The van der Waals surface area contributed by atoms with Crippen LogP contribution in [0.3, 0.4) is 0 Å². The van der Waals surface area contributed by atoms with Crippen molar-refractivity contribution < 1.29 is 5.11 Å². The van der Waals surface area contributed by atoms with E-state index in [9.17, 15) is 5.11 Å². The number of benzene rings is 1. The molecular weight excluding hydrogens is 250 g/mol. The second-order valence-corrected chi connectivity index (χ2v) is 5.23. The molecule has 0 aliphatic carbocycles. The van der Waals surface area contributed by atoms with Crippen molar-refractivity contribution >= 4 is 11.0 Å². The number of aromatic nitrogens is 2. The molecule has 0 fully saturated rings. The smallest absolute Gasteiger partial charge is 0.112 e. The first kappa shape index (κ1) is 15.0. The van der Waals surface area contributed by atoms with Gasteiger partial charge in [0.05, 0.1) is 17.1 Å². The summed E-state index contributed by atoms with van der Waals surface area (Å²) in [6.07, 6.45) is 2.37. The molecule has 1 unspecified atom stereocenters. The van der Waals surface area contributed by atoms with Crippen LogP contribution in [0.15, 0.2) is 24.3 Å². The van der Waals surface area contributed by atoms with E-state index in [-0.39, 0.29) is 6.10 Å². The Morgan fingerprint density at radius 3 is 2.80 bits per heavy atom. The predicted molar refractivity (Wildman–Crippen MR) is 82.9 cm³/mol. The summed E-state index contributed by atoms with van der Waals surface area (Å²) in [5.41, 5.74) is 2.18. The van der Waals surface area contributed by atoms with Gasteiger partial charge in [0.1, 0.15) is 5.82 Å². The summed E-state index contributed by atoms with van der Waals surface area (Å²) in [6, 6.07) is 8.18. The summed E-state index contributed by atoms with van der Waals surface area (Å²) in [5.74, 6) is 0.985. The number of nitrogens with zero attached hydrogens (tertiary/aromatic N) is 2. The normalized spacial score (nSPS) is 12.9. The third kappa shape index (κ3) is 3.58. The number of aliphatic hydroxyl groups is 1. The molecule has 2 rings (SSSR count). The maximum atomic E-state index is 10.1. The van der Waals surface area contributed by atoms with Crippen molar-refractivity contribution in [2.45, 2.75) is 45.8 Å². The van der Waals surface area contributed by atoms with Gasteiger partial charge in [-0.25, -0.2) is 4.98 Å². The number of fused-ring (bicyclic) bond motifs is 1. The van der Waals surface area contributed by atoms with Crippen LogP contribution in [0.1, 0.15) is 32.5 Å². The van der Waals surface area contributed by atoms with Crippen molar-refractivity contribution in [3.63, 3.8) is 0 Å². The van der Waals surface area contributed by atoms with Crippen LogP contribution in [0.5, 0.6) is 0 Å². The Morgan fingerprint density at radius 2 is 2.05 bits per heavy atom. The first-order valence-corrected chi connectivity index (χ1v) is 7.59. The average molecular weight is 275 g/mol. The van der Waals surface area contributed by atoms with Crippen LogP contribution >= 0.6 is 0 Å². The van der Waals surface area contributed by atoms with E-state index >= 15 is 0 Å². The van der Waals surface area contributed by atoms with E-state index in [2.05, 4.69) is 34.8 Å². The Hall–Kier alpha value is -1.39. The molecule has 1 aromatic heterocycles. The van der Waals surface area contributed by atoms with E-state index in [1.165, 1.54) is 0 Å². The molecule has 0 radical (unpaired) electrons. The first-order chi connectivity index (χ1) is 9.76. The molecule has 1 heterocycles. The van der Waals surface area contributed by atoms with Gasteiger partial charge in [-0.3, -0.25) is 0 Å². The van der Waals surface area contributed by atoms with Crippen molar-refractivity contribution in [3.05, 3.63) is 30.1 Å². The number of nitrogens with one attached hydrogen (secondary N) is 1. The predicted octanol–water partition coefficient (Wildman–Crippen LogP) is 2.35. The lowest BCUT2D eigenvalue weighted by Gasteiger charge is -2.13. The molecule has 110 valence electrons. The van der Waals surface area contributed by atoms with E-state index < -0.39 is 0 Å². The summed E-state index contributed by atoms with van der Waals surface area (Å²) in [5, 5.41) is 13.4. The Balaban J connectivity index is 2.13. The quantitative estimate of drug-likeness (QED) is 0.727. The molecule has 4 heteroatoms. The summed E-state index contributed by atoms with van der Waals surface area (Å²) in [7, 11) is 0. The minimum Gasteiger partial charge on any atom is -0.391 e. The average Bonchev–Trinajstić information content (AvgIpc) is 2.78. The molecule has 1 aromatic carbocycles. The Bertz CT molecular complexity index is 536. The monoisotopic (exact) mass is 275 g/mol. The van der Waals surface area contributed by atoms with E-state index in [0.29, 0.717) is 13.0 Å². The van der Waals surface area contributed by atoms with E-state index in [1.54, 1.807) is 0 Å². The van der Waals surface area contributed by atoms with E-state index in [1.807, 2.05) is 18.2 Å². The lowest BCUT2D eigenvalue weighted by molar-refractivity contribution is 0.168. The number of hydrogen-bond acceptors (Lipinski definition) is 3. The van der Waals surface area contributed by atoms with Crippen LogP contribution in [0, 0.1) is 0 Å². The van der Waals surface area contributed by atoms with Crippen molar-refractivity contribution in [2.75, 3.05) is 13.1 Å². The van der Waals surface area contributed by atoms with E-state index in [0.717, 1.165) is 42.8 Å². The number of hydrogen-bond donors (Lipinski definition) is 2. The molecule has 20 heavy (non-hydrogen) atoms. The van der Waals surface area contributed by atoms with E-state index in [4.69, 9.17) is 0 Å². The van der Waals surface area contributed by atoms with Gasteiger partial charge in [-0.05, 0) is 31.5 Å². The van der Waals surface area contributed by atoms with Crippen molar-refractivity contribution in [1.29, 1.82) is 0 Å². The molecule has 1 atom stereocenters. The summed E-state index contributed by atoms with van der Waals surface area (Å²) in [4.78, 5) is 4.67. The maximum absolute atomic E-state index is 10.1. The van der Waals surface area contributed by atoms with Crippen LogP contribution < -0.4 is 5.32 Å². The highest BCUT2D eigenvalue weighted by Crippen LogP contribution is 2.17. The fourth-order valence-electron chi connectivity index (χ4n) is 2.48. The summed E-state index contributed by atoms with van der Waals surface area (Å²) < 4.78 is 2.23. The van der Waals surface area contributed by atoms with Gasteiger partial charge in [0, 0.05) is 19.5 Å². The van der Waals surface area contributed by atoms with Crippen LogP contribution in [0.2, 0.25) is 0 Å². The molecule has 2 aromatic rings. The Morgan fingerprint density at radius 1 is 1.25 bits per heavy atom. The third-order valence-electron chi connectivity index (χ3n) is 3.41. The SMILES string of the molecule is CCCNCC(O)Cc1nc2ccccc2n1CCC. The molecule has 0 aliphatic rings. The minimum absolute atomic E-state index is 0.381. The molecule has 0 amide bonds. The summed E-state index contributed by atoms with van der Waals surface area (Å²) >= 11 is 0. The van der Waals surface area contributed by atoms with Crippen LogP contribution in [0.25, 0.3) is 11.0 Å². The first-order valence-electron chi connectivity index (χ1n) is 7.59. The molecule has 0 spiro atoms. The van der Waals surface area contributed by atoms with Gasteiger partial charge < -0.3 is 15.0 Å². The van der Waals surface area contributed by atoms with Crippen molar-refractivity contribution in [1.82, 2.24) is 14.9 Å². The van der Waals surface area contributed by atoms with Crippen LogP contribution in [-0.4, -0.2) is 33.9 Å². The van der Waals surface area contributed by atoms with Gasteiger partial charge in [-0.2, -0.15) is 0 Å². The fourth-order valence-corrected chi connectivity index (χ4v) is 2.48. The number of rotatable bonds is 8. The zero-order chi connectivity index (χ0) is 14.4. The largest absolute Gasteiger partial charge is 0.391 e. The van der Waals surface area contributed by atoms with Crippen molar-refractivity contribution in [3.8, 4) is 0 Å². The number of aliphatic hydroxyl groups excluding tert-OH is 1. The Kier molecular flexibility index (Phi) is 5.56. The molecule has 0 saturated heterocycles. The van der Waals surface area contributed by atoms with Crippen LogP contribution in [-0.2, 0) is 13.0 Å². The highest BCUT2D eigenvalue weighted by atomic mass is 16.3. The molecule has 0 aliphatic heterocycles. The minimum atomic E-state index is -0.381. The second kappa shape index (κ2) is 7.41. The lowest BCUT2D eigenvalue weighted by atomic mass is 10.2. The van der Waals surface area contributed by atoms with Gasteiger partial charge in [-0.15, -0.1) is 0 Å². The standard InChI is InChI=1S/C16H25N3O/c1-3-9-17-12-13(20)11-16-18-14-7-5-6-8-15(14)19(16)10-4-2/h5-8,13,17,20H,3-4,9-12H2,1-2H3. The van der Waals surface area contributed by atoms with Gasteiger partial charge in [0.2, 0.25) is 0 Å². The molecule has 0 bridgehead atoms. The molecular formula is C16H25N3O. The zero-order valence-corrected chi connectivity index (χ0v) is 12.5.